The highest BCUT2D eigenvalue weighted by Crippen LogP contribution is 2.25. The van der Waals surface area contributed by atoms with E-state index in [2.05, 4.69) is 22.3 Å². The molecule has 0 aromatic carbocycles. The van der Waals surface area contributed by atoms with Crippen molar-refractivity contribution in [2.45, 2.75) is 32.4 Å². The summed E-state index contributed by atoms with van der Waals surface area (Å²) in [5.74, 6) is 0. The van der Waals surface area contributed by atoms with Crippen molar-refractivity contribution in [3.8, 4) is 11.1 Å². The zero-order chi connectivity index (χ0) is 12.4. The fourth-order valence-electron chi connectivity index (χ4n) is 2.30. The minimum absolute atomic E-state index is 0.107. The van der Waals surface area contributed by atoms with Gasteiger partial charge in [0.25, 0.3) is 0 Å². The third kappa shape index (κ3) is 2.29. The fourth-order valence-corrected chi connectivity index (χ4v) is 2.30. The molecule has 0 spiro atoms. The van der Waals surface area contributed by atoms with E-state index in [1.807, 2.05) is 30.1 Å². The number of hydrogen-bond acceptors (Lipinski definition) is 3. The molecule has 3 rings (SSSR count). The summed E-state index contributed by atoms with van der Waals surface area (Å²) in [5, 5.41) is 4.42. The second-order valence-corrected chi connectivity index (χ2v) is 4.72. The Morgan fingerprint density at radius 1 is 1.33 bits per heavy atom. The summed E-state index contributed by atoms with van der Waals surface area (Å²) in [6.07, 6.45) is 9.32. The van der Waals surface area contributed by atoms with E-state index in [0.717, 1.165) is 36.3 Å². The van der Waals surface area contributed by atoms with Crippen molar-refractivity contribution in [3.05, 3.63) is 36.4 Å². The van der Waals surface area contributed by atoms with E-state index in [1.165, 1.54) is 6.42 Å². The normalized spacial score (nSPS) is 19.9. The minimum Gasteiger partial charge on any atom is -0.357 e. The molecule has 0 bridgehead atoms. The maximum atomic E-state index is 5.73. The molecule has 0 aliphatic carbocycles. The van der Waals surface area contributed by atoms with Crippen molar-refractivity contribution in [1.29, 1.82) is 0 Å². The molecule has 1 atom stereocenters. The average Bonchev–Trinajstić information content (AvgIpc) is 2.89. The molecule has 0 radical (unpaired) electrons. The topological polar surface area (TPSA) is 39.9 Å². The molecular formula is C14H17N3O. The Labute approximate surface area is 107 Å². The largest absolute Gasteiger partial charge is 0.357 e. The highest BCUT2D eigenvalue weighted by molar-refractivity contribution is 5.61. The summed E-state index contributed by atoms with van der Waals surface area (Å²) in [7, 11) is 0. The quantitative estimate of drug-likeness (QED) is 0.814. The van der Waals surface area contributed by atoms with Gasteiger partial charge in [-0.1, -0.05) is 0 Å². The molecule has 94 valence electrons. The van der Waals surface area contributed by atoms with Gasteiger partial charge < -0.3 is 4.74 Å². The Hall–Kier alpha value is -1.68. The first-order valence-electron chi connectivity index (χ1n) is 6.42. The lowest BCUT2D eigenvalue weighted by atomic mass is 10.1. The number of aryl methyl sites for hydroxylation is 1. The van der Waals surface area contributed by atoms with Crippen LogP contribution in [-0.2, 0) is 4.74 Å². The van der Waals surface area contributed by atoms with Crippen molar-refractivity contribution >= 4 is 0 Å². The van der Waals surface area contributed by atoms with Gasteiger partial charge >= 0.3 is 0 Å². The molecule has 4 nitrogen and oxygen atoms in total. The first-order chi connectivity index (χ1) is 8.83. The number of pyridine rings is 1. The number of ether oxygens (including phenoxy) is 1. The highest BCUT2D eigenvalue weighted by Gasteiger charge is 2.16. The van der Waals surface area contributed by atoms with Crippen molar-refractivity contribution in [2.75, 3.05) is 6.61 Å². The van der Waals surface area contributed by atoms with Crippen LogP contribution in [0.3, 0.4) is 0 Å². The number of rotatable bonds is 2. The highest BCUT2D eigenvalue weighted by atomic mass is 16.5. The van der Waals surface area contributed by atoms with Crippen LogP contribution in [0.5, 0.6) is 0 Å². The average molecular weight is 243 g/mol. The smallest absolute Gasteiger partial charge is 0.150 e. The summed E-state index contributed by atoms with van der Waals surface area (Å²) < 4.78 is 7.66. The maximum absolute atomic E-state index is 5.73. The van der Waals surface area contributed by atoms with Crippen LogP contribution in [0.2, 0.25) is 0 Å². The molecule has 4 heteroatoms. The molecule has 2 aromatic rings. The molecule has 0 N–H and O–H groups in total. The lowest BCUT2D eigenvalue weighted by Crippen LogP contribution is -2.18. The zero-order valence-corrected chi connectivity index (χ0v) is 10.5. The van der Waals surface area contributed by atoms with Gasteiger partial charge in [0.2, 0.25) is 0 Å². The Morgan fingerprint density at radius 2 is 2.28 bits per heavy atom. The van der Waals surface area contributed by atoms with E-state index in [1.54, 1.807) is 0 Å². The molecule has 1 fully saturated rings. The van der Waals surface area contributed by atoms with E-state index in [-0.39, 0.29) is 6.23 Å². The van der Waals surface area contributed by atoms with Crippen molar-refractivity contribution in [1.82, 2.24) is 14.8 Å². The third-order valence-corrected chi connectivity index (χ3v) is 3.28. The molecule has 1 aliphatic rings. The minimum atomic E-state index is 0.107. The second kappa shape index (κ2) is 4.90. The third-order valence-electron chi connectivity index (χ3n) is 3.28. The van der Waals surface area contributed by atoms with E-state index >= 15 is 0 Å². The zero-order valence-electron chi connectivity index (χ0n) is 10.5. The van der Waals surface area contributed by atoms with E-state index < -0.39 is 0 Å². The van der Waals surface area contributed by atoms with Gasteiger partial charge in [0.1, 0.15) is 6.23 Å². The summed E-state index contributed by atoms with van der Waals surface area (Å²) in [5.41, 5.74) is 3.30. The SMILES string of the molecule is Cc1cc(-c2cnn([C@@H]3CCCCO3)c2)ccn1. The van der Waals surface area contributed by atoms with Gasteiger partial charge in [-0.15, -0.1) is 0 Å². The van der Waals surface area contributed by atoms with Crippen LogP contribution in [0, 0.1) is 6.92 Å². The van der Waals surface area contributed by atoms with Gasteiger partial charge in [0.15, 0.2) is 0 Å². The van der Waals surface area contributed by atoms with Gasteiger partial charge in [0, 0.05) is 30.3 Å². The Bertz CT molecular complexity index is 529. The lowest BCUT2D eigenvalue weighted by molar-refractivity contribution is -0.0394. The molecule has 18 heavy (non-hydrogen) atoms. The van der Waals surface area contributed by atoms with Gasteiger partial charge in [-0.3, -0.25) is 4.98 Å². The predicted octanol–water partition coefficient (Wildman–Crippen LogP) is 2.95. The van der Waals surface area contributed by atoms with Crippen LogP contribution in [0.1, 0.15) is 31.2 Å². The molecule has 1 saturated heterocycles. The van der Waals surface area contributed by atoms with Crippen LogP contribution in [0.4, 0.5) is 0 Å². The summed E-state index contributed by atoms with van der Waals surface area (Å²) in [4.78, 5) is 4.21. The Balaban J connectivity index is 1.84. The number of hydrogen-bond donors (Lipinski definition) is 0. The first-order valence-corrected chi connectivity index (χ1v) is 6.42. The Morgan fingerprint density at radius 3 is 3.06 bits per heavy atom. The van der Waals surface area contributed by atoms with Crippen molar-refractivity contribution in [3.63, 3.8) is 0 Å². The van der Waals surface area contributed by atoms with Gasteiger partial charge in [-0.05, 0) is 43.9 Å². The molecule has 1 aliphatic heterocycles. The van der Waals surface area contributed by atoms with Crippen molar-refractivity contribution in [2.24, 2.45) is 0 Å². The van der Waals surface area contributed by atoms with Gasteiger partial charge in [-0.25, -0.2) is 4.68 Å². The van der Waals surface area contributed by atoms with E-state index in [0.29, 0.717) is 0 Å². The molecule has 0 amide bonds. The van der Waals surface area contributed by atoms with Gasteiger partial charge in [-0.2, -0.15) is 5.10 Å². The Kier molecular flexibility index (Phi) is 3.11. The monoisotopic (exact) mass is 243 g/mol. The lowest BCUT2D eigenvalue weighted by Gasteiger charge is -2.22. The molecule has 3 heterocycles. The fraction of sp³-hybridized carbons (Fsp3) is 0.429. The second-order valence-electron chi connectivity index (χ2n) is 4.72. The molecular weight excluding hydrogens is 226 g/mol. The van der Waals surface area contributed by atoms with Crippen LogP contribution >= 0.6 is 0 Å². The maximum Gasteiger partial charge on any atom is 0.150 e. The van der Waals surface area contributed by atoms with E-state index in [9.17, 15) is 0 Å². The van der Waals surface area contributed by atoms with Crippen LogP contribution in [-0.4, -0.2) is 21.4 Å². The predicted molar refractivity (Wildman–Crippen MR) is 69.0 cm³/mol. The number of nitrogens with zero attached hydrogens (tertiary/aromatic N) is 3. The summed E-state index contributed by atoms with van der Waals surface area (Å²) >= 11 is 0. The molecule has 2 aromatic heterocycles. The number of aromatic nitrogens is 3. The van der Waals surface area contributed by atoms with E-state index in [4.69, 9.17) is 4.74 Å². The van der Waals surface area contributed by atoms with Crippen LogP contribution < -0.4 is 0 Å². The van der Waals surface area contributed by atoms with Crippen LogP contribution in [0.25, 0.3) is 11.1 Å². The first kappa shape index (κ1) is 11.4. The van der Waals surface area contributed by atoms with Crippen LogP contribution in [0.15, 0.2) is 30.7 Å². The molecule has 0 unspecified atom stereocenters. The summed E-state index contributed by atoms with van der Waals surface area (Å²) in [6.45, 7) is 2.84. The summed E-state index contributed by atoms with van der Waals surface area (Å²) in [6, 6.07) is 4.08. The van der Waals surface area contributed by atoms with Crippen molar-refractivity contribution < 1.29 is 4.74 Å². The standard InChI is InChI=1S/C14H17N3O/c1-11-8-12(5-6-15-11)13-9-16-17(10-13)14-4-2-3-7-18-14/h5-6,8-10,14H,2-4,7H2,1H3/t14-/m0/s1. The van der Waals surface area contributed by atoms with Gasteiger partial charge in [0.05, 0.1) is 6.20 Å². The molecule has 0 saturated carbocycles.